The summed E-state index contributed by atoms with van der Waals surface area (Å²) in [7, 11) is 5.89. The first kappa shape index (κ1) is 20.5. The minimum Gasteiger partial charge on any atom is -0.492 e. The number of ether oxygens (including phenoxy) is 1. The van der Waals surface area contributed by atoms with Crippen molar-refractivity contribution in [3.63, 3.8) is 0 Å². The summed E-state index contributed by atoms with van der Waals surface area (Å²) >= 11 is 0. The van der Waals surface area contributed by atoms with Gasteiger partial charge in [0.05, 0.1) is 17.2 Å². The molecular formula is C23H31N5O2. The van der Waals surface area contributed by atoms with Crippen molar-refractivity contribution >= 4 is 22.5 Å². The number of likely N-dealkylation sites (N-methyl/N-ethyl adjacent to an activating group) is 1. The quantitative estimate of drug-likeness (QED) is 0.642. The van der Waals surface area contributed by atoms with Crippen LogP contribution in [-0.4, -0.2) is 46.3 Å². The minimum atomic E-state index is 0.0475. The van der Waals surface area contributed by atoms with Crippen molar-refractivity contribution in [1.29, 1.82) is 0 Å². The van der Waals surface area contributed by atoms with Gasteiger partial charge >= 0.3 is 5.69 Å². The van der Waals surface area contributed by atoms with E-state index in [9.17, 15) is 4.79 Å². The number of pyridine rings is 1. The molecule has 1 aliphatic rings. The Labute approximate surface area is 177 Å². The van der Waals surface area contributed by atoms with Crippen molar-refractivity contribution in [2.45, 2.75) is 38.6 Å². The highest BCUT2D eigenvalue weighted by molar-refractivity contribution is 5.79. The Balaban J connectivity index is 1.58. The van der Waals surface area contributed by atoms with E-state index in [1.807, 2.05) is 50.0 Å². The number of rotatable bonds is 7. The fourth-order valence-electron chi connectivity index (χ4n) is 4.19. The van der Waals surface area contributed by atoms with E-state index in [0.717, 1.165) is 53.2 Å². The maximum absolute atomic E-state index is 12.8. The molecule has 160 valence electrons. The molecule has 0 atom stereocenters. The summed E-state index contributed by atoms with van der Waals surface area (Å²) < 4.78 is 9.49. The summed E-state index contributed by atoms with van der Waals surface area (Å²) in [6.07, 6.45) is 6.30. The van der Waals surface area contributed by atoms with E-state index >= 15 is 0 Å². The molecule has 30 heavy (non-hydrogen) atoms. The maximum atomic E-state index is 12.8. The zero-order chi connectivity index (χ0) is 21.3. The minimum absolute atomic E-state index is 0.0475. The van der Waals surface area contributed by atoms with Gasteiger partial charge in [-0.15, -0.1) is 0 Å². The van der Waals surface area contributed by atoms with Crippen LogP contribution < -0.4 is 15.7 Å². The lowest BCUT2D eigenvalue weighted by Gasteiger charge is -2.14. The second kappa shape index (κ2) is 8.52. The Morgan fingerprint density at radius 2 is 1.97 bits per heavy atom. The number of imidazole rings is 1. The Hall–Kier alpha value is -2.80. The average molecular weight is 410 g/mol. The second-order valence-corrected chi connectivity index (χ2v) is 8.46. The van der Waals surface area contributed by atoms with Gasteiger partial charge in [0.2, 0.25) is 0 Å². The summed E-state index contributed by atoms with van der Waals surface area (Å²) in [6.45, 7) is 3.59. The van der Waals surface area contributed by atoms with Crippen LogP contribution in [0.15, 0.2) is 35.3 Å². The van der Waals surface area contributed by atoms with E-state index in [1.54, 1.807) is 10.8 Å². The van der Waals surface area contributed by atoms with E-state index in [-0.39, 0.29) is 11.7 Å². The van der Waals surface area contributed by atoms with Crippen LogP contribution in [-0.2, 0) is 7.05 Å². The van der Waals surface area contributed by atoms with Gasteiger partial charge in [-0.05, 0) is 57.6 Å². The number of aromatic nitrogens is 3. The van der Waals surface area contributed by atoms with Crippen LogP contribution in [0.4, 0.5) is 11.5 Å². The summed E-state index contributed by atoms with van der Waals surface area (Å²) in [5.41, 5.74) is 3.94. The number of benzene rings is 1. The van der Waals surface area contributed by atoms with Gasteiger partial charge in [0, 0.05) is 31.4 Å². The lowest BCUT2D eigenvalue weighted by molar-refractivity contribution is 0.261. The zero-order valence-corrected chi connectivity index (χ0v) is 18.3. The lowest BCUT2D eigenvalue weighted by atomic mass is 10.2. The van der Waals surface area contributed by atoms with E-state index in [2.05, 4.69) is 22.1 Å². The molecule has 2 heterocycles. The molecule has 7 nitrogen and oxygen atoms in total. The topological polar surface area (TPSA) is 64.3 Å². The van der Waals surface area contributed by atoms with Gasteiger partial charge in [-0.2, -0.15) is 0 Å². The predicted octanol–water partition coefficient (Wildman–Crippen LogP) is 3.84. The molecule has 1 fully saturated rings. The third kappa shape index (κ3) is 4.07. The standard InChI is InChI=1S/C23H31N5O2/c1-16-13-18(30-12-11-26(2)3)9-10-19(16)25-22-14-20-21(15-24-22)27(4)23(29)28(20)17-7-5-6-8-17/h9-10,13-15,17H,5-8,11-12H2,1-4H3,(H,24,25). The fraction of sp³-hybridized carbons (Fsp3) is 0.478. The Morgan fingerprint density at radius 3 is 2.67 bits per heavy atom. The van der Waals surface area contributed by atoms with Crippen LogP contribution in [0.3, 0.4) is 0 Å². The van der Waals surface area contributed by atoms with Gasteiger partial charge in [0.15, 0.2) is 0 Å². The summed E-state index contributed by atoms with van der Waals surface area (Å²) in [5.74, 6) is 1.60. The normalized spacial score (nSPS) is 14.7. The molecule has 0 radical (unpaired) electrons. The first-order valence-corrected chi connectivity index (χ1v) is 10.7. The van der Waals surface area contributed by atoms with E-state index < -0.39 is 0 Å². The molecule has 1 aromatic carbocycles. The summed E-state index contributed by atoms with van der Waals surface area (Å²) in [5, 5.41) is 3.41. The Bertz CT molecular complexity index is 1090. The van der Waals surface area contributed by atoms with Gasteiger partial charge in [-0.3, -0.25) is 9.13 Å². The summed E-state index contributed by atoms with van der Waals surface area (Å²) in [4.78, 5) is 19.5. The Kier molecular flexibility index (Phi) is 5.81. The monoisotopic (exact) mass is 409 g/mol. The zero-order valence-electron chi connectivity index (χ0n) is 18.3. The molecule has 0 amide bonds. The number of hydrogen-bond donors (Lipinski definition) is 1. The van der Waals surface area contributed by atoms with Gasteiger partial charge in [0.1, 0.15) is 18.2 Å². The molecule has 3 aromatic rings. The van der Waals surface area contributed by atoms with Crippen LogP contribution in [0.2, 0.25) is 0 Å². The second-order valence-electron chi connectivity index (χ2n) is 8.46. The van der Waals surface area contributed by atoms with Gasteiger partial charge in [-0.25, -0.2) is 9.78 Å². The lowest BCUT2D eigenvalue weighted by Crippen LogP contribution is -2.24. The van der Waals surface area contributed by atoms with Crippen molar-refractivity contribution in [2.24, 2.45) is 7.05 Å². The van der Waals surface area contributed by atoms with Crippen molar-refractivity contribution in [3.8, 4) is 5.75 Å². The van der Waals surface area contributed by atoms with Crippen LogP contribution in [0, 0.1) is 6.92 Å². The van der Waals surface area contributed by atoms with Gasteiger partial charge in [-0.1, -0.05) is 12.8 Å². The molecule has 0 unspecified atom stereocenters. The number of anilines is 2. The largest absolute Gasteiger partial charge is 0.492 e. The number of aryl methyl sites for hydroxylation is 2. The van der Waals surface area contributed by atoms with E-state index in [0.29, 0.717) is 6.61 Å². The smallest absolute Gasteiger partial charge is 0.329 e. The van der Waals surface area contributed by atoms with E-state index in [4.69, 9.17) is 4.74 Å². The van der Waals surface area contributed by atoms with E-state index in [1.165, 1.54) is 12.8 Å². The number of nitrogens with zero attached hydrogens (tertiary/aromatic N) is 4. The summed E-state index contributed by atoms with van der Waals surface area (Å²) in [6, 6.07) is 8.31. The van der Waals surface area contributed by atoms with Crippen LogP contribution in [0.1, 0.15) is 37.3 Å². The number of fused-ring (bicyclic) bond motifs is 1. The fourth-order valence-corrected chi connectivity index (χ4v) is 4.19. The molecule has 7 heteroatoms. The number of nitrogens with one attached hydrogen (secondary N) is 1. The third-order valence-corrected chi connectivity index (χ3v) is 5.93. The molecule has 2 aromatic heterocycles. The Morgan fingerprint density at radius 1 is 1.20 bits per heavy atom. The van der Waals surface area contributed by atoms with Crippen molar-refractivity contribution in [2.75, 3.05) is 32.6 Å². The molecular weight excluding hydrogens is 378 g/mol. The van der Waals surface area contributed by atoms with Crippen molar-refractivity contribution < 1.29 is 4.74 Å². The van der Waals surface area contributed by atoms with Gasteiger partial charge < -0.3 is 15.0 Å². The first-order chi connectivity index (χ1) is 14.4. The maximum Gasteiger partial charge on any atom is 0.329 e. The highest BCUT2D eigenvalue weighted by Gasteiger charge is 2.23. The average Bonchev–Trinajstić information content (AvgIpc) is 3.31. The third-order valence-electron chi connectivity index (χ3n) is 5.93. The van der Waals surface area contributed by atoms with Gasteiger partial charge in [0.25, 0.3) is 0 Å². The molecule has 1 aliphatic carbocycles. The van der Waals surface area contributed by atoms with Crippen molar-refractivity contribution in [3.05, 3.63) is 46.5 Å². The molecule has 0 saturated heterocycles. The SMILES string of the molecule is Cc1cc(OCCN(C)C)ccc1Nc1cc2c(cn1)n(C)c(=O)n2C1CCCC1. The first-order valence-electron chi connectivity index (χ1n) is 10.7. The van der Waals surface area contributed by atoms with Crippen LogP contribution >= 0.6 is 0 Å². The predicted molar refractivity (Wildman–Crippen MR) is 121 cm³/mol. The molecule has 0 spiro atoms. The van der Waals surface area contributed by atoms with Crippen LogP contribution in [0.25, 0.3) is 11.0 Å². The molecule has 1 N–H and O–H groups in total. The van der Waals surface area contributed by atoms with Crippen molar-refractivity contribution in [1.82, 2.24) is 19.0 Å². The number of hydrogen-bond acceptors (Lipinski definition) is 5. The molecule has 0 aliphatic heterocycles. The van der Waals surface area contributed by atoms with Crippen LogP contribution in [0.5, 0.6) is 5.75 Å². The molecule has 4 rings (SSSR count). The highest BCUT2D eigenvalue weighted by atomic mass is 16.5. The highest BCUT2D eigenvalue weighted by Crippen LogP contribution is 2.32. The molecule has 0 bridgehead atoms. The molecule has 1 saturated carbocycles.